The number of carbonyl (C=O) groups is 2. The third-order valence-electron chi connectivity index (χ3n) is 3.26. The zero-order valence-corrected chi connectivity index (χ0v) is 14.1. The van der Waals surface area contributed by atoms with Crippen LogP contribution in [0.2, 0.25) is 10.0 Å². The summed E-state index contributed by atoms with van der Waals surface area (Å²) in [7, 11) is 0. The van der Waals surface area contributed by atoms with Gasteiger partial charge in [0.05, 0.1) is 6.42 Å². The summed E-state index contributed by atoms with van der Waals surface area (Å²) in [6.07, 6.45) is -6.24. The van der Waals surface area contributed by atoms with E-state index in [9.17, 15) is 22.8 Å². The van der Waals surface area contributed by atoms with E-state index in [-0.39, 0.29) is 12.2 Å². The Balaban J connectivity index is 2.00. The molecule has 0 aliphatic carbocycles. The number of Topliss-reactive ketones (excluding diaryl/α,β-unsaturated/α-hetero) is 2. The van der Waals surface area contributed by atoms with Crippen molar-refractivity contribution >= 4 is 34.8 Å². The van der Waals surface area contributed by atoms with Gasteiger partial charge in [0.2, 0.25) is 5.78 Å². The minimum atomic E-state index is -5.02. The molecule has 0 saturated carbocycles. The molecule has 2 rings (SSSR count). The number of benzene rings is 2. The number of halogens is 5. The van der Waals surface area contributed by atoms with Gasteiger partial charge in [0.1, 0.15) is 12.4 Å². The van der Waals surface area contributed by atoms with Gasteiger partial charge in [0.15, 0.2) is 5.78 Å². The highest BCUT2D eigenvalue weighted by Crippen LogP contribution is 2.26. The van der Waals surface area contributed by atoms with Crippen LogP contribution in [0.3, 0.4) is 0 Å². The Bertz CT molecular complexity index is 766. The van der Waals surface area contributed by atoms with Gasteiger partial charge in [0.25, 0.3) is 0 Å². The second-order valence-corrected chi connectivity index (χ2v) is 5.85. The van der Waals surface area contributed by atoms with Crippen molar-refractivity contribution in [2.45, 2.75) is 19.2 Å². The molecule has 132 valence electrons. The van der Waals surface area contributed by atoms with Gasteiger partial charge in [-0.2, -0.15) is 13.2 Å². The Hall–Kier alpha value is -2.05. The number of ether oxygens (including phenoxy) is 1. The first-order valence-corrected chi connectivity index (χ1v) is 7.73. The summed E-state index contributed by atoms with van der Waals surface area (Å²) in [6.45, 7) is 0.0817. The molecule has 2 aromatic rings. The first-order valence-electron chi connectivity index (χ1n) is 6.97. The van der Waals surface area contributed by atoms with Crippen molar-refractivity contribution in [3.63, 3.8) is 0 Å². The largest absolute Gasteiger partial charge is 0.489 e. The van der Waals surface area contributed by atoms with Gasteiger partial charge < -0.3 is 4.74 Å². The maximum Gasteiger partial charge on any atom is 0.450 e. The molecule has 0 spiro atoms. The number of hydrogen-bond acceptors (Lipinski definition) is 3. The topological polar surface area (TPSA) is 43.4 Å². The van der Waals surface area contributed by atoms with Gasteiger partial charge >= 0.3 is 6.18 Å². The first kappa shape index (κ1) is 19.3. The van der Waals surface area contributed by atoms with E-state index in [1.54, 1.807) is 18.2 Å². The SMILES string of the molecule is O=C(CC(=O)C(F)(F)F)c1ccc(OCc2c(Cl)cccc2Cl)cc1. The highest BCUT2D eigenvalue weighted by Gasteiger charge is 2.39. The van der Waals surface area contributed by atoms with E-state index < -0.39 is 24.2 Å². The second-order valence-electron chi connectivity index (χ2n) is 5.03. The molecule has 0 aliphatic rings. The predicted octanol–water partition coefficient (Wildman–Crippen LogP) is 5.28. The van der Waals surface area contributed by atoms with E-state index in [0.29, 0.717) is 21.4 Å². The minimum Gasteiger partial charge on any atom is -0.489 e. The molecule has 0 heterocycles. The third kappa shape index (κ3) is 5.21. The molecule has 0 amide bonds. The molecule has 0 N–H and O–H groups in total. The fourth-order valence-electron chi connectivity index (χ4n) is 1.91. The number of rotatable bonds is 6. The first-order chi connectivity index (χ1) is 11.7. The van der Waals surface area contributed by atoms with Crippen molar-refractivity contribution in [1.82, 2.24) is 0 Å². The van der Waals surface area contributed by atoms with Crippen LogP contribution in [0.4, 0.5) is 13.2 Å². The number of carbonyl (C=O) groups excluding carboxylic acids is 2. The fourth-order valence-corrected chi connectivity index (χ4v) is 2.42. The molecule has 25 heavy (non-hydrogen) atoms. The molecule has 3 nitrogen and oxygen atoms in total. The number of hydrogen-bond donors (Lipinski definition) is 0. The molecule has 0 bridgehead atoms. The van der Waals surface area contributed by atoms with Crippen molar-refractivity contribution in [2.75, 3.05) is 0 Å². The highest BCUT2D eigenvalue weighted by atomic mass is 35.5. The fraction of sp³-hybridized carbons (Fsp3) is 0.176. The number of ketones is 2. The lowest BCUT2D eigenvalue weighted by Gasteiger charge is -2.10. The Morgan fingerprint density at radius 2 is 1.52 bits per heavy atom. The van der Waals surface area contributed by atoms with Gasteiger partial charge in [-0.3, -0.25) is 9.59 Å². The van der Waals surface area contributed by atoms with Crippen LogP contribution in [-0.4, -0.2) is 17.7 Å². The van der Waals surface area contributed by atoms with E-state index >= 15 is 0 Å². The van der Waals surface area contributed by atoms with E-state index in [1.165, 1.54) is 24.3 Å². The number of alkyl halides is 3. The molecule has 0 fully saturated rings. The molecule has 0 atom stereocenters. The summed E-state index contributed by atoms with van der Waals surface area (Å²) >= 11 is 12.0. The lowest BCUT2D eigenvalue weighted by Crippen LogP contribution is -2.25. The standard InChI is InChI=1S/C17H11Cl2F3O3/c18-13-2-1-3-14(19)12(13)9-25-11-6-4-10(5-7-11)15(23)8-16(24)17(20,21)22/h1-7H,8-9H2. The molecular weight excluding hydrogens is 380 g/mol. The zero-order valence-electron chi connectivity index (χ0n) is 12.6. The van der Waals surface area contributed by atoms with Gasteiger partial charge in [-0.25, -0.2) is 0 Å². The van der Waals surface area contributed by atoms with Crippen LogP contribution in [-0.2, 0) is 11.4 Å². The Kier molecular flexibility index (Phi) is 6.08. The second kappa shape index (κ2) is 7.89. The van der Waals surface area contributed by atoms with Gasteiger partial charge in [-0.1, -0.05) is 29.3 Å². The van der Waals surface area contributed by atoms with Crippen molar-refractivity contribution in [2.24, 2.45) is 0 Å². The zero-order chi connectivity index (χ0) is 18.6. The Labute approximate surface area is 151 Å². The van der Waals surface area contributed by atoms with Crippen LogP contribution in [0.5, 0.6) is 5.75 Å². The monoisotopic (exact) mass is 390 g/mol. The Morgan fingerprint density at radius 1 is 0.960 bits per heavy atom. The summed E-state index contributed by atoms with van der Waals surface area (Å²) < 4.78 is 42.0. The normalized spacial score (nSPS) is 11.2. The molecule has 0 saturated heterocycles. The van der Waals surface area contributed by atoms with E-state index in [1.807, 2.05) is 0 Å². The van der Waals surface area contributed by atoms with Crippen LogP contribution in [0.1, 0.15) is 22.3 Å². The van der Waals surface area contributed by atoms with E-state index in [0.717, 1.165) is 0 Å². The van der Waals surface area contributed by atoms with Crippen molar-refractivity contribution in [3.05, 3.63) is 63.6 Å². The summed E-state index contributed by atoms with van der Waals surface area (Å²) in [4.78, 5) is 22.5. The molecule has 0 unspecified atom stereocenters. The van der Waals surface area contributed by atoms with Crippen LogP contribution < -0.4 is 4.74 Å². The van der Waals surface area contributed by atoms with Crippen LogP contribution in [0.15, 0.2) is 42.5 Å². The molecule has 2 aromatic carbocycles. The summed E-state index contributed by atoms with van der Waals surface area (Å²) in [5, 5.41) is 0.870. The van der Waals surface area contributed by atoms with Crippen molar-refractivity contribution in [3.8, 4) is 5.75 Å². The van der Waals surface area contributed by atoms with Crippen LogP contribution in [0, 0.1) is 0 Å². The third-order valence-corrected chi connectivity index (χ3v) is 3.97. The van der Waals surface area contributed by atoms with Crippen molar-refractivity contribution in [1.29, 1.82) is 0 Å². The quantitative estimate of drug-likeness (QED) is 0.497. The minimum absolute atomic E-state index is 0.0132. The smallest absolute Gasteiger partial charge is 0.450 e. The maximum absolute atomic E-state index is 12.2. The average Bonchev–Trinajstić information content (AvgIpc) is 2.54. The van der Waals surface area contributed by atoms with Gasteiger partial charge in [-0.05, 0) is 36.4 Å². The molecule has 0 aliphatic heterocycles. The van der Waals surface area contributed by atoms with E-state index in [4.69, 9.17) is 27.9 Å². The summed E-state index contributed by atoms with van der Waals surface area (Å²) in [6, 6.07) is 10.4. The average molecular weight is 391 g/mol. The van der Waals surface area contributed by atoms with Crippen molar-refractivity contribution < 1.29 is 27.5 Å². The molecular formula is C17H11Cl2F3O3. The molecule has 8 heteroatoms. The summed E-state index contributed by atoms with van der Waals surface area (Å²) in [5.41, 5.74) is 0.572. The molecule has 0 aromatic heterocycles. The Morgan fingerprint density at radius 3 is 2.04 bits per heavy atom. The highest BCUT2D eigenvalue weighted by molar-refractivity contribution is 6.35. The predicted molar refractivity (Wildman–Crippen MR) is 87.2 cm³/mol. The lowest BCUT2D eigenvalue weighted by molar-refractivity contribution is -0.170. The maximum atomic E-state index is 12.2. The lowest BCUT2D eigenvalue weighted by atomic mass is 10.1. The van der Waals surface area contributed by atoms with E-state index in [2.05, 4.69) is 0 Å². The van der Waals surface area contributed by atoms with Crippen LogP contribution in [0.25, 0.3) is 0 Å². The van der Waals surface area contributed by atoms with Gasteiger partial charge in [0, 0.05) is 21.2 Å². The van der Waals surface area contributed by atoms with Gasteiger partial charge in [-0.15, -0.1) is 0 Å². The van der Waals surface area contributed by atoms with Crippen LogP contribution >= 0.6 is 23.2 Å². The summed E-state index contributed by atoms with van der Waals surface area (Å²) in [5.74, 6) is -2.62. The molecule has 0 radical (unpaired) electrons.